The zero-order valence-electron chi connectivity index (χ0n) is 9.86. The van der Waals surface area contributed by atoms with Gasteiger partial charge in [0.2, 0.25) is 0 Å². The van der Waals surface area contributed by atoms with Gasteiger partial charge in [0.15, 0.2) is 0 Å². The van der Waals surface area contributed by atoms with Crippen molar-refractivity contribution in [3.63, 3.8) is 0 Å². The normalized spacial score (nSPS) is 12.6. The van der Waals surface area contributed by atoms with Crippen LogP contribution in [0.5, 0.6) is 0 Å². The predicted octanol–water partition coefficient (Wildman–Crippen LogP) is 1.39. The topological polar surface area (TPSA) is 41.5 Å². The Bertz CT molecular complexity index is 264. The summed E-state index contributed by atoms with van der Waals surface area (Å²) >= 11 is 0. The average Bonchev–Trinajstić information content (AvgIpc) is 2.34. The lowest BCUT2D eigenvalue weighted by molar-refractivity contribution is 0.0938. The van der Waals surface area contributed by atoms with Crippen LogP contribution in [0.3, 0.4) is 0 Å². The molecule has 1 aromatic carbocycles. The molecule has 3 heteroatoms. The highest BCUT2D eigenvalue weighted by Crippen LogP contribution is 2.12. The largest absolute Gasteiger partial charge is 0.394 e. The number of aliphatic hydroxyl groups excluding tert-OH is 1. The van der Waals surface area contributed by atoms with Crippen molar-refractivity contribution in [3.8, 4) is 0 Å². The van der Waals surface area contributed by atoms with Gasteiger partial charge in [-0.1, -0.05) is 37.3 Å². The summed E-state index contributed by atoms with van der Waals surface area (Å²) in [5.74, 6) is 0.513. The van der Waals surface area contributed by atoms with Gasteiger partial charge in [-0.2, -0.15) is 0 Å². The van der Waals surface area contributed by atoms with Crippen molar-refractivity contribution in [2.45, 2.75) is 12.8 Å². The summed E-state index contributed by atoms with van der Waals surface area (Å²) in [5, 5.41) is 11.9. The van der Waals surface area contributed by atoms with Crippen LogP contribution in [0, 0.1) is 0 Å². The summed E-state index contributed by atoms with van der Waals surface area (Å²) in [6.45, 7) is 5.17. The molecule has 0 bridgehead atoms. The maximum atomic E-state index is 8.51. The van der Waals surface area contributed by atoms with E-state index in [1.807, 2.05) is 6.07 Å². The first kappa shape index (κ1) is 13.2. The van der Waals surface area contributed by atoms with Crippen molar-refractivity contribution in [1.29, 1.82) is 0 Å². The van der Waals surface area contributed by atoms with E-state index in [0.29, 0.717) is 19.1 Å². The van der Waals surface area contributed by atoms with Crippen LogP contribution in [0.25, 0.3) is 0 Å². The predicted molar refractivity (Wildman–Crippen MR) is 65.6 cm³/mol. The highest BCUT2D eigenvalue weighted by molar-refractivity contribution is 5.18. The Balaban J connectivity index is 2.09. The Morgan fingerprint density at radius 3 is 2.69 bits per heavy atom. The Morgan fingerprint density at radius 2 is 2.00 bits per heavy atom. The fourth-order valence-corrected chi connectivity index (χ4v) is 1.53. The van der Waals surface area contributed by atoms with Gasteiger partial charge in [-0.25, -0.2) is 0 Å². The van der Waals surface area contributed by atoms with Crippen LogP contribution in [0.2, 0.25) is 0 Å². The molecule has 16 heavy (non-hydrogen) atoms. The molecule has 0 spiro atoms. The summed E-state index contributed by atoms with van der Waals surface area (Å²) in [6, 6.07) is 10.5. The van der Waals surface area contributed by atoms with Crippen LogP contribution >= 0.6 is 0 Å². The number of nitrogens with one attached hydrogen (secondary N) is 1. The lowest BCUT2D eigenvalue weighted by Gasteiger charge is -2.12. The molecule has 0 aliphatic carbocycles. The molecule has 0 heterocycles. The van der Waals surface area contributed by atoms with E-state index in [2.05, 4.69) is 36.5 Å². The van der Waals surface area contributed by atoms with Gasteiger partial charge in [0.1, 0.15) is 0 Å². The highest BCUT2D eigenvalue weighted by Gasteiger charge is 2.03. The summed E-state index contributed by atoms with van der Waals surface area (Å²) < 4.78 is 5.16. The second-order valence-corrected chi connectivity index (χ2v) is 3.85. The van der Waals surface area contributed by atoms with Gasteiger partial charge >= 0.3 is 0 Å². The van der Waals surface area contributed by atoms with Crippen molar-refractivity contribution >= 4 is 0 Å². The van der Waals surface area contributed by atoms with E-state index in [4.69, 9.17) is 9.84 Å². The third-order valence-corrected chi connectivity index (χ3v) is 2.48. The second-order valence-electron chi connectivity index (χ2n) is 3.85. The SMILES string of the molecule is C[C@@H](CNCCOCCO)c1ccccc1. The molecule has 2 N–H and O–H groups in total. The fraction of sp³-hybridized carbons (Fsp3) is 0.538. The van der Waals surface area contributed by atoms with E-state index in [9.17, 15) is 0 Å². The Hall–Kier alpha value is -0.900. The first-order valence-corrected chi connectivity index (χ1v) is 5.79. The molecule has 3 nitrogen and oxygen atoms in total. The van der Waals surface area contributed by atoms with Crippen molar-refractivity contribution in [3.05, 3.63) is 35.9 Å². The quantitative estimate of drug-likeness (QED) is 0.654. The minimum atomic E-state index is 0.0976. The summed E-state index contributed by atoms with van der Waals surface area (Å²) in [6.07, 6.45) is 0. The van der Waals surface area contributed by atoms with E-state index < -0.39 is 0 Å². The molecule has 0 aliphatic rings. The Morgan fingerprint density at radius 1 is 1.25 bits per heavy atom. The third-order valence-electron chi connectivity index (χ3n) is 2.48. The van der Waals surface area contributed by atoms with Gasteiger partial charge in [0.25, 0.3) is 0 Å². The first-order valence-electron chi connectivity index (χ1n) is 5.79. The fourth-order valence-electron chi connectivity index (χ4n) is 1.53. The van der Waals surface area contributed by atoms with Gasteiger partial charge < -0.3 is 15.2 Å². The molecule has 1 atom stereocenters. The lowest BCUT2D eigenvalue weighted by atomic mass is 10.0. The molecule has 0 radical (unpaired) electrons. The van der Waals surface area contributed by atoms with E-state index in [1.165, 1.54) is 5.56 Å². The second kappa shape index (κ2) is 8.28. The molecule has 0 fully saturated rings. The lowest BCUT2D eigenvalue weighted by Crippen LogP contribution is -2.24. The van der Waals surface area contributed by atoms with Crippen LogP contribution in [0.1, 0.15) is 18.4 Å². The average molecular weight is 223 g/mol. The number of hydrogen-bond acceptors (Lipinski definition) is 3. The molecule has 90 valence electrons. The van der Waals surface area contributed by atoms with Crippen LogP contribution in [-0.2, 0) is 4.74 Å². The Labute approximate surface area is 97.4 Å². The third kappa shape index (κ3) is 5.26. The molecule has 0 aliphatic heterocycles. The summed E-state index contributed by atoms with van der Waals surface area (Å²) in [7, 11) is 0. The van der Waals surface area contributed by atoms with Crippen molar-refractivity contribution < 1.29 is 9.84 Å². The summed E-state index contributed by atoms with van der Waals surface area (Å²) in [4.78, 5) is 0. The van der Waals surface area contributed by atoms with Gasteiger partial charge in [-0.3, -0.25) is 0 Å². The zero-order valence-corrected chi connectivity index (χ0v) is 9.86. The monoisotopic (exact) mass is 223 g/mol. The molecule has 0 saturated heterocycles. The van der Waals surface area contributed by atoms with E-state index in [-0.39, 0.29) is 6.61 Å². The minimum Gasteiger partial charge on any atom is -0.394 e. The molecule has 1 aromatic rings. The van der Waals surface area contributed by atoms with Crippen molar-refractivity contribution in [1.82, 2.24) is 5.32 Å². The number of aliphatic hydroxyl groups is 1. The van der Waals surface area contributed by atoms with Crippen LogP contribution in [-0.4, -0.2) is 38.0 Å². The first-order chi connectivity index (χ1) is 7.84. The number of ether oxygens (including phenoxy) is 1. The smallest absolute Gasteiger partial charge is 0.0698 e. The van der Waals surface area contributed by atoms with E-state index >= 15 is 0 Å². The van der Waals surface area contributed by atoms with Crippen molar-refractivity contribution in [2.75, 3.05) is 32.9 Å². The van der Waals surface area contributed by atoms with Crippen molar-refractivity contribution in [2.24, 2.45) is 0 Å². The summed E-state index contributed by atoms with van der Waals surface area (Å²) in [5.41, 5.74) is 1.35. The zero-order chi connectivity index (χ0) is 11.6. The maximum absolute atomic E-state index is 8.51. The molecule has 0 saturated carbocycles. The van der Waals surface area contributed by atoms with Gasteiger partial charge in [0.05, 0.1) is 19.8 Å². The standard InChI is InChI=1S/C13H21NO2/c1-12(13-5-3-2-4-6-13)11-14-7-9-16-10-8-15/h2-6,12,14-15H,7-11H2,1H3/t12-/m0/s1. The van der Waals surface area contributed by atoms with E-state index in [1.54, 1.807) is 0 Å². The minimum absolute atomic E-state index is 0.0976. The van der Waals surface area contributed by atoms with E-state index in [0.717, 1.165) is 13.1 Å². The highest BCUT2D eigenvalue weighted by atomic mass is 16.5. The molecule has 0 amide bonds. The number of benzene rings is 1. The molecular formula is C13H21NO2. The van der Waals surface area contributed by atoms with Crippen LogP contribution < -0.4 is 5.32 Å². The molecular weight excluding hydrogens is 202 g/mol. The molecule has 0 aromatic heterocycles. The Kier molecular flexibility index (Phi) is 6.81. The number of rotatable bonds is 8. The van der Waals surface area contributed by atoms with Gasteiger partial charge in [-0.15, -0.1) is 0 Å². The van der Waals surface area contributed by atoms with Crippen LogP contribution in [0.4, 0.5) is 0 Å². The van der Waals surface area contributed by atoms with Gasteiger partial charge in [0, 0.05) is 13.1 Å². The van der Waals surface area contributed by atoms with Crippen LogP contribution in [0.15, 0.2) is 30.3 Å². The molecule has 0 unspecified atom stereocenters. The maximum Gasteiger partial charge on any atom is 0.0698 e. The number of hydrogen-bond donors (Lipinski definition) is 2. The molecule has 1 rings (SSSR count). The van der Waals surface area contributed by atoms with Gasteiger partial charge in [-0.05, 0) is 11.5 Å².